The molecule has 1 aliphatic carbocycles. The Morgan fingerprint density at radius 3 is 2.71 bits per heavy atom. The Labute approximate surface area is 220 Å². The summed E-state index contributed by atoms with van der Waals surface area (Å²) >= 11 is 0. The average molecular weight is 512 g/mol. The van der Waals surface area contributed by atoms with E-state index in [1.54, 1.807) is 11.1 Å². The molecule has 1 fully saturated rings. The van der Waals surface area contributed by atoms with Crippen molar-refractivity contribution in [2.45, 2.75) is 37.5 Å². The first kappa shape index (κ1) is 24.1. The molecule has 0 saturated carbocycles. The largest absolute Gasteiger partial charge is 0.437 e. The van der Waals surface area contributed by atoms with Gasteiger partial charge in [-0.1, -0.05) is 36.4 Å². The normalized spacial score (nSPS) is 24.4. The molecule has 9 nitrogen and oxygen atoms in total. The van der Waals surface area contributed by atoms with Crippen LogP contribution < -0.4 is 10.6 Å². The number of rotatable bonds is 4. The maximum absolute atomic E-state index is 13.2. The van der Waals surface area contributed by atoms with E-state index in [2.05, 4.69) is 15.6 Å². The standard InChI is InChI=1S/C29H29N5O4/c1-18-27(36)34(24(16-33(18)2)19-7-4-3-5-8-19)17-25(35)31-22-11-10-20-14-29(15-21(20)13-22)23-9-6-12-30-26(23)32-28(37)38-29/h3-13,18,24H,14-17H2,1-2H3,(H,31,35)(H,30,32,37). The number of ether oxygens (including phenoxy) is 1. The maximum Gasteiger partial charge on any atom is 0.413 e. The van der Waals surface area contributed by atoms with E-state index in [1.807, 2.05) is 79.5 Å². The molecule has 9 heteroatoms. The molecule has 1 aromatic heterocycles. The summed E-state index contributed by atoms with van der Waals surface area (Å²) < 4.78 is 5.82. The van der Waals surface area contributed by atoms with Gasteiger partial charge in [0.25, 0.3) is 0 Å². The van der Waals surface area contributed by atoms with Crippen LogP contribution in [0.15, 0.2) is 66.9 Å². The number of hydrogen-bond donors (Lipinski definition) is 2. The third kappa shape index (κ3) is 4.18. The molecule has 2 aromatic carbocycles. The number of piperazine rings is 1. The van der Waals surface area contributed by atoms with Crippen LogP contribution in [-0.2, 0) is 32.8 Å². The maximum atomic E-state index is 13.2. The predicted molar refractivity (Wildman–Crippen MR) is 141 cm³/mol. The van der Waals surface area contributed by atoms with Gasteiger partial charge in [-0.05, 0) is 54.9 Å². The fourth-order valence-corrected chi connectivity index (χ4v) is 5.82. The van der Waals surface area contributed by atoms with Gasteiger partial charge in [-0.3, -0.25) is 19.8 Å². The highest BCUT2D eigenvalue weighted by molar-refractivity contribution is 5.96. The van der Waals surface area contributed by atoms with Gasteiger partial charge < -0.3 is 15.0 Å². The molecular formula is C29H29N5O4. The number of carbonyl (C=O) groups excluding carboxylic acids is 3. The molecule has 1 spiro atoms. The van der Waals surface area contributed by atoms with Gasteiger partial charge in [0.15, 0.2) is 5.60 Å². The van der Waals surface area contributed by atoms with Gasteiger partial charge in [0.2, 0.25) is 11.8 Å². The molecule has 0 bridgehead atoms. The molecular weight excluding hydrogens is 482 g/mol. The zero-order valence-electron chi connectivity index (χ0n) is 21.3. The molecule has 3 aliphatic rings. The molecule has 3 atom stereocenters. The Morgan fingerprint density at radius 2 is 1.89 bits per heavy atom. The van der Waals surface area contributed by atoms with Crippen LogP contribution in [-0.4, -0.2) is 58.9 Å². The summed E-state index contributed by atoms with van der Waals surface area (Å²) in [7, 11) is 1.93. The van der Waals surface area contributed by atoms with Crippen molar-refractivity contribution in [3.05, 3.63) is 89.1 Å². The van der Waals surface area contributed by atoms with E-state index in [4.69, 9.17) is 4.74 Å². The molecule has 3 amide bonds. The number of anilines is 2. The van der Waals surface area contributed by atoms with E-state index >= 15 is 0 Å². The molecule has 3 unspecified atom stereocenters. The van der Waals surface area contributed by atoms with Crippen LogP contribution in [0.1, 0.15) is 35.2 Å². The molecule has 6 rings (SSSR count). The predicted octanol–water partition coefficient (Wildman–Crippen LogP) is 3.48. The Bertz CT molecular complexity index is 1430. The number of carbonyl (C=O) groups is 3. The molecule has 3 heterocycles. The first-order chi connectivity index (χ1) is 18.3. The van der Waals surface area contributed by atoms with E-state index in [0.29, 0.717) is 30.9 Å². The van der Waals surface area contributed by atoms with Crippen molar-refractivity contribution in [1.29, 1.82) is 0 Å². The number of likely N-dealkylation sites (N-methyl/N-ethyl adjacent to an activating group) is 1. The molecule has 0 radical (unpaired) electrons. The van der Waals surface area contributed by atoms with E-state index in [1.165, 1.54) is 0 Å². The summed E-state index contributed by atoms with van der Waals surface area (Å²) in [5, 5.41) is 5.65. The number of nitrogens with zero attached hydrogens (tertiary/aromatic N) is 3. The minimum absolute atomic E-state index is 0.0417. The van der Waals surface area contributed by atoms with Crippen LogP contribution in [0.2, 0.25) is 0 Å². The first-order valence-electron chi connectivity index (χ1n) is 12.8. The van der Waals surface area contributed by atoms with Gasteiger partial charge in [0, 0.05) is 36.8 Å². The second-order valence-electron chi connectivity index (χ2n) is 10.3. The number of pyridine rings is 1. The van der Waals surface area contributed by atoms with Crippen molar-refractivity contribution in [2.24, 2.45) is 0 Å². The number of aromatic nitrogens is 1. The van der Waals surface area contributed by atoms with Crippen molar-refractivity contribution in [2.75, 3.05) is 30.8 Å². The number of benzene rings is 2. The number of fused-ring (bicyclic) bond motifs is 3. The Balaban J connectivity index is 1.20. The van der Waals surface area contributed by atoms with Crippen LogP contribution >= 0.6 is 0 Å². The number of nitrogens with one attached hydrogen (secondary N) is 2. The SMILES string of the molecule is CC1C(=O)N(CC(=O)Nc2ccc3c(c2)CC2(C3)OC(=O)Nc3ncccc32)C(c2ccccc2)CN1C. The summed E-state index contributed by atoms with van der Waals surface area (Å²) in [5.41, 5.74) is 3.72. The lowest BCUT2D eigenvalue weighted by molar-refractivity contribution is -0.147. The molecule has 2 N–H and O–H groups in total. The van der Waals surface area contributed by atoms with Crippen molar-refractivity contribution in [1.82, 2.24) is 14.8 Å². The number of amides is 3. The van der Waals surface area contributed by atoms with E-state index in [9.17, 15) is 14.4 Å². The van der Waals surface area contributed by atoms with Crippen LogP contribution in [0, 0.1) is 0 Å². The highest BCUT2D eigenvalue weighted by Crippen LogP contribution is 2.45. The number of hydrogen-bond acceptors (Lipinski definition) is 6. The lowest BCUT2D eigenvalue weighted by atomic mass is 9.90. The van der Waals surface area contributed by atoms with E-state index in [-0.39, 0.29) is 30.4 Å². The second-order valence-corrected chi connectivity index (χ2v) is 10.3. The fraction of sp³-hybridized carbons (Fsp3) is 0.310. The van der Waals surface area contributed by atoms with Gasteiger partial charge in [0.1, 0.15) is 12.4 Å². The summed E-state index contributed by atoms with van der Waals surface area (Å²) in [6.45, 7) is 2.47. The van der Waals surface area contributed by atoms with Gasteiger partial charge in [-0.2, -0.15) is 0 Å². The summed E-state index contributed by atoms with van der Waals surface area (Å²) in [6.07, 6.45) is 2.15. The summed E-state index contributed by atoms with van der Waals surface area (Å²) in [5.74, 6) is 0.189. The smallest absolute Gasteiger partial charge is 0.413 e. The molecule has 194 valence electrons. The Morgan fingerprint density at radius 1 is 1.11 bits per heavy atom. The van der Waals surface area contributed by atoms with Crippen molar-refractivity contribution < 1.29 is 19.1 Å². The molecule has 38 heavy (non-hydrogen) atoms. The monoisotopic (exact) mass is 511 g/mol. The molecule has 2 aliphatic heterocycles. The minimum atomic E-state index is -0.817. The highest BCUT2D eigenvalue weighted by atomic mass is 16.6. The van der Waals surface area contributed by atoms with Crippen molar-refractivity contribution in [3.63, 3.8) is 0 Å². The van der Waals surface area contributed by atoms with Gasteiger partial charge >= 0.3 is 6.09 Å². The second kappa shape index (κ2) is 9.25. The molecule has 3 aromatic rings. The Kier molecular flexibility index (Phi) is 5.87. The van der Waals surface area contributed by atoms with Crippen molar-refractivity contribution in [3.8, 4) is 0 Å². The lowest BCUT2D eigenvalue weighted by Gasteiger charge is -2.43. The van der Waals surface area contributed by atoms with E-state index in [0.717, 1.165) is 22.3 Å². The van der Waals surface area contributed by atoms with Crippen LogP contribution in [0.25, 0.3) is 0 Å². The third-order valence-electron chi connectivity index (χ3n) is 7.89. The van der Waals surface area contributed by atoms with Crippen LogP contribution in [0.5, 0.6) is 0 Å². The summed E-state index contributed by atoms with van der Waals surface area (Å²) in [4.78, 5) is 46.7. The van der Waals surface area contributed by atoms with Crippen LogP contribution in [0.4, 0.5) is 16.3 Å². The van der Waals surface area contributed by atoms with Gasteiger partial charge in [-0.15, -0.1) is 0 Å². The van der Waals surface area contributed by atoms with Gasteiger partial charge in [0.05, 0.1) is 12.1 Å². The van der Waals surface area contributed by atoms with E-state index < -0.39 is 11.7 Å². The zero-order chi connectivity index (χ0) is 26.4. The average Bonchev–Trinajstić information content (AvgIpc) is 3.26. The Hall–Kier alpha value is -4.24. The summed E-state index contributed by atoms with van der Waals surface area (Å²) in [6, 6.07) is 18.8. The lowest BCUT2D eigenvalue weighted by Crippen LogP contribution is -2.57. The quantitative estimate of drug-likeness (QED) is 0.556. The topological polar surface area (TPSA) is 104 Å². The third-order valence-corrected chi connectivity index (χ3v) is 7.89. The highest BCUT2D eigenvalue weighted by Gasteiger charge is 2.47. The first-order valence-corrected chi connectivity index (χ1v) is 12.8. The minimum Gasteiger partial charge on any atom is -0.437 e. The fourth-order valence-electron chi connectivity index (χ4n) is 5.82. The zero-order valence-corrected chi connectivity index (χ0v) is 21.3. The van der Waals surface area contributed by atoms with Crippen molar-refractivity contribution >= 4 is 29.4 Å². The van der Waals surface area contributed by atoms with Gasteiger partial charge in [-0.25, -0.2) is 9.78 Å². The molecule has 1 saturated heterocycles. The van der Waals surface area contributed by atoms with Crippen LogP contribution in [0.3, 0.4) is 0 Å².